The smallest absolute Gasteiger partial charge is 0.322 e. The monoisotopic (exact) mass is 591 g/mol. The Bertz CT molecular complexity index is 633. The van der Waals surface area contributed by atoms with E-state index in [4.69, 9.17) is 9.84 Å². The zero-order valence-corrected chi connectivity index (χ0v) is 18.0. The molecule has 144 valence electrons. The van der Waals surface area contributed by atoms with Crippen LogP contribution in [-0.4, -0.2) is 69.1 Å². The van der Waals surface area contributed by atoms with E-state index in [9.17, 15) is 19.2 Å². The van der Waals surface area contributed by atoms with Crippen LogP contribution in [0.5, 0.6) is 0 Å². The van der Waals surface area contributed by atoms with Crippen LogP contribution < -0.4 is 16.0 Å². The molecular weight excluding hydrogens is 572 g/mol. The maximum absolute atomic E-state index is 12.1. The molecule has 0 aliphatic carbocycles. The molecule has 0 aromatic rings. The summed E-state index contributed by atoms with van der Waals surface area (Å²) in [5.74, 6) is -2.73. The number of rotatable bonds is 11. The van der Waals surface area contributed by atoms with Crippen LogP contribution >= 0.6 is 43.3 Å². The number of hydrogen-bond acceptors (Lipinski definition) is 5. The van der Waals surface area contributed by atoms with Crippen molar-refractivity contribution in [1.29, 1.82) is 0 Å². The zero-order valence-electron chi connectivity index (χ0n) is 13.7. The Balaban J connectivity index is 2.55. The lowest BCUT2D eigenvalue weighted by Crippen LogP contribution is -2.52. The van der Waals surface area contributed by atoms with E-state index in [0.717, 1.165) is 3.51 Å². The first kappa shape index (κ1) is 22.7. The summed E-state index contributed by atoms with van der Waals surface area (Å²) < 4.78 is 8.91. The van der Waals surface area contributed by atoms with Crippen LogP contribution in [0.25, 0.3) is 0 Å². The Morgan fingerprint density at radius 2 is 1.92 bits per heavy atom. The van der Waals surface area contributed by atoms with E-state index in [2.05, 4.69) is 20.0 Å². The Kier molecular flexibility index (Phi) is 11.3. The standard InChI is InChI=1S/C15H19I2N3O6/c16-5-12(21)18-6-13(22)20-11(15(25)19-7-14(23)24)9-26-8-10-3-1-2-4-17-10/h1-4,11H,5-9H2,(H,18,21)(H,19,25)(H,20,22)(H,23,24). The number of allylic oxidation sites excluding steroid dienone is 2. The highest BCUT2D eigenvalue weighted by Gasteiger charge is 2.22. The number of aliphatic carboxylic acids is 1. The number of carbonyl (C=O) groups is 4. The van der Waals surface area contributed by atoms with Crippen LogP contribution in [0.15, 0.2) is 22.3 Å². The minimum Gasteiger partial charge on any atom is -0.480 e. The van der Waals surface area contributed by atoms with E-state index in [-0.39, 0.29) is 44.2 Å². The topological polar surface area (TPSA) is 134 Å². The first-order valence-electron chi connectivity index (χ1n) is 7.44. The van der Waals surface area contributed by atoms with Gasteiger partial charge in [-0.05, 0) is 4.08 Å². The zero-order chi connectivity index (χ0) is 19.4. The predicted molar refractivity (Wildman–Crippen MR) is 113 cm³/mol. The Morgan fingerprint density at radius 1 is 1.15 bits per heavy atom. The van der Waals surface area contributed by atoms with Crippen LogP contribution in [0.2, 0.25) is 0 Å². The van der Waals surface area contributed by atoms with E-state index >= 15 is 0 Å². The van der Waals surface area contributed by atoms with Gasteiger partial charge in [0.2, 0.25) is 17.7 Å². The molecule has 0 aromatic heterocycles. The van der Waals surface area contributed by atoms with Gasteiger partial charge >= 0.3 is 5.97 Å². The molecule has 0 radical (unpaired) electrons. The molecule has 0 fully saturated rings. The van der Waals surface area contributed by atoms with Crippen molar-refractivity contribution < 1.29 is 29.0 Å². The molecule has 4 N–H and O–H groups in total. The second kappa shape index (κ2) is 12.9. The predicted octanol–water partition coefficient (Wildman–Crippen LogP) is -0.534. The first-order chi connectivity index (χ1) is 12.4. The largest absolute Gasteiger partial charge is 0.480 e. The number of hydrogen-bond donors (Lipinski definition) is 4. The fourth-order valence-electron chi connectivity index (χ4n) is 1.65. The normalized spacial score (nSPS) is 13.8. The van der Waals surface area contributed by atoms with Crippen molar-refractivity contribution in [3.63, 3.8) is 0 Å². The fourth-order valence-corrected chi connectivity index (χ4v) is 3.64. The highest BCUT2D eigenvalue weighted by Crippen LogP contribution is 2.09. The molecule has 1 heterocycles. The molecule has 11 heteroatoms. The molecule has 26 heavy (non-hydrogen) atoms. The molecule has 0 aromatic carbocycles. The summed E-state index contributed by atoms with van der Waals surface area (Å²) in [5.41, 5.74) is 0. The number of amides is 3. The molecule has 3 amide bonds. The third kappa shape index (κ3) is 9.96. The highest BCUT2D eigenvalue weighted by molar-refractivity contribution is 14.2. The Morgan fingerprint density at radius 3 is 2.54 bits per heavy atom. The quantitative estimate of drug-likeness (QED) is 0.189. The fraction of sp³-hybridized carbons (Fsp3) is 0.400. The van der Waals surface area contributed by atoms with Gasteiger partial charge in [0.1, 0.15) is 12.6 Å². The second-order valence-electron chi connectivity index (χ2n) is 4.89. The van der Waals surface area contributed by atoms with Gasteiger partial charge in [-0.1, -0.05) is 61.5 Å². The number of ether oxygens (including phenoxy) is 1. The number of carbonyl (C=O) groups excluding carboxylic acids is 3. The van der Waals surface area contributed by atoms with Crippen molar-refractivity contribution in [2.45, 2.75) is 6.04 Å². The third-order valence-electron chi connectivity index (χ3n) is 2.82. The summed E-state index contributed by atoms with van der Waals surface area (Å²) >= 11 is 1.62. The molecule has 1 aliphatic rings. The van der Waals surface area contributed by atoms with Crippen molar-refractivity contribution in [3.8, 4) is 0 Å². The van der Waals surface area contributed by atoms with Crippen molar-refractivity contribution in [2.75, 3.05) is 30.7 Å². The van der Waals surface area contributed by atoms with Crippen LogP contribution in [0, 0.1) is 0 Å². The summed E-state index contributed by atoms with van der Waals surface area (Å²) in [5, 5.41) is 15.7. The molecule has 9 nitrogen and oxygen atoms in total. The average Bonchev–Trinajstić information content (AvgIpc) is 2.64. The molecule has 1 atom stereocenters. The van der Waals surface area contributed by atoms with Crippen molar-refractivity contribution in [2.24, 2.45) is 0 Å². The minimum absolute atomic E-state index is 0.109. The average molecular weight is 591 g/mol. The van der Waals surface area contributed by atoms with Crippen LogP contribution in [0.3, 0.4) is 0 Å². The van der Waals surface area contributed by atoms with Gasteiger partial charge in [0, 0.05) is 3.51 Å². The lowest BCUT2D eigenvalue weighted by atomic mass is 10.2. The van der Waals surface area contributed by atoms with Gasteiger partial charge in [-0.2, -0.15) is 0 Å². The number of alkyl halides is 1. The number of carboxylic acid groups (broad SMARTS) is 1. The van der Waals surface area contributed by atoms with Gasteiger partial charge in [0.25, 0.3) is 0 Å². The van der Waals surface area contributed by atoms with Gasteiger partial charge in [-0.3, -0.25) is 19.2 Å². The number of carboxylic acids is 1. The molecule has 1 rings (SSSR count). The van der Waals surface area contributed by atoms with Crippen molar-refractivity contribution in [3.05, 3.63) is 22.3 Å². The molecule has 0 spiro atoms. The summed E-state index contributed by atoms with van der Waals surface area (Å²) in [6.45, 7) is -0.616. The Labute approximate surface area is 173 Å². The lowest BCUT2D eigenvalue weighted by Gasteiger charge is -2.18. The van der Waals surface area contributed by atoms with Crippen molar-refractivity contribution >= 4 is 70.5 Å². The number of nitrogens with one attached hydrogen (secondary N) is 3. The molecular formula is C15H19I2N3O6. The Hall–Kier alpha value is -1.35. The summed E-state index contributed by atoms with van der Waals surface area (Å²) in [4.78, 5) is 45.7. The van der Waals surface area contributed by atoms with E-state index in [1.54, 1.807) is 0 Å². The van der Waals surface area contributed by atoms with Crippen molar-refractivity contribution in [1.82, 2.24) is 16.0 Å². The summed E-state index contributed by atoms with van der Waals surface area (Å²) in [6.07, 6.45) is 5.81. The van der Waals surface area contributed by atoms with Crippen LogP contribution in [-0.2, 0) is 23.9 Å². The van der Waals surface area contributed by atoms with E-state index in [1.165, 1.54) is 0 Å². The molecule has 0 bridgehead atoms. The van der Waals surface area contributed by atoms with Crippen LogP contribution in [0.1, 0.15) is 0 Å². The maximum atomic E-state index is 12.1. The van der Waals surface area contributed by atoms with E-state index in [0.29, 0.717) is 6.61 Å². The van der Waals surface area contributed by atoms with Gasteiger partial charge in [0.05, 0.1) is 24.2 Å². The first-order valence-corrected chi connectivity index (χ1v) is 11.3. The van der Waals surface area contributed by atoms with E-state index in [1.807, 2.05) is 40.8 Å². The summed E-state index contributed by atoms with van der Waals surface area (Å²) in [7, 11) is 0. The van der Waals surface area contributed by atoms with E-state index < -0.39 is 30.4 Å². The van der Waals surface area contributed by atoms with Gasteiger partial charge in [-0.25, -0.2) is 0 Å². The number of halogens is 2. The van der Waals surface area contributed by atoms with Crippen LogP contribution in [0.4, 0.5) is 0 Å². The van der Waals surface area contributed by atoms with Gasteiger partial charge < -0.3 is 25.8 Å². The van der Waals surface area contributed by atoms with Gasteiger partial charge in [0.15, 0.2) is 0 Å². The molecule has 1 aliphatic heterocycles. The minimum atomic E-state index is -1.20. The maximum Gasteiger partial charge on any atom is 0.322 e. The second-order valence-corrected chi connectivity index (χ2v) is 8.38. The highest BCUT2D eigenvalue weighted by atomic mass is 127. The lowest BCUT2D eigenvalue weighted by molar-refractivity contribution is -0.138. The molecule has 0 saturated carbocycles. The third-order valence-corrected chi connectivity index (χ3v) is 5.76. The van der Waals surface area contributed by atoms with Gasteiger partial charge in [-0.15, -0.1) is 0 Å². The summed E-state index contributed by atoms with van der Waals surface area (Å²) in [6, 6.07) is -1.06. The molecule has 0 saturated heterocycles. The molecule has 1 unspecified atom stereocenters. The SMILES string of the molecule is O=C(O)CNC(=O)C(COCC1=IC=CC=C1)NC(=O)CNC(=O)CI.